The second kappa shape index (κ2) is 9.18. The maximum atomic E-state index is 12.2. The third kappa shape index (κ3) is 5.31. The van der Waals surface area contributed by atoms with Gasteiger partial charge in [0.25, 0.3) is 0 Å². The van der Waals surface area contributed by atoms with Gasteiger partial charge in [-0.05, 0) is 63.6 Å². The lowest BCUT2D eigenvalue weighted by molar-refractivity contribution is -0.128. The average Bonchev–Trinajstić information content (AvgIpc) is 3.18. The Morgan fingerprint density at radius 2 is 2.08 bits per heavy atom. The number of nitrogens with zero attached hydrogens (tertiary/aromatic N) is 1. The average molecular weight is 368 g/mol. The molecule has 2 heterocycles. The molecule has 0 radical (unpaired) electrons. The summed E-state index contributed by atoms with van der Waals surface area (Å²) in [6, 6.07) is 13.4. The first-order valence-corrected chi connectivity index (χ1v) is 10.5. The molecule has 1 aromatic heterocycles. The fourth-order valence-electron chi connectivity index (χ4n) is 3.66. The van der Waals surface area contributed by atoms with Crippen molar-refractivity contribution in [1.29, 1.82) is 0 Å². The highest BCUT2D eigenvalue weighted by Crippen LogP contribution is 2.22. The van der Waals surface area contributed by atoms with E-state index >= 15 is 0 Å². The summed E-state index contributed by atoms with van der Waals surface area (Å²) in [6.07, 6.45) is 10.4. The van der Waals surface area contributed by atoms with Crippen molar-refractivity contribution in [2.75, 3.05) is 6.54 Å². The van der Waals surface area contributed by atoms with Gasteiger partial charge in [0, 0.05) is 22.7 Å². The van der Waals surface area contributed by atoms with Crippen molar-refractivity contribution < 1.29 is 4.79 Å². The molecule has 1 fully saturated rings. The minimum Gasteiger partial charge on any atom is -0.336 e. The molecule has 1 amide bonds. The van der Waals surface area contributed by atoms with Crippen molar-refractivity contribution in [3.63, 3.8) is 0 Å². The van der Waals surface area contributed by atoms with Crippen LogP contribution in [0.5, 0.6) is 0 Å². The zero-order valence-electron chi connectivity index (χ0n) is 15.9. The smallest absolute Gasteiger partial charge is 0.223 e. The summed E-state index contributed by atoms with van der Waals surface area (Å²) >= 11 is 1.87. The van der Waals surface area contributed by atoms with E-state index in [0.29, 0.717) is 18.4 Å². The van der Waals surface area contributed by atoms with Gasteiger partial charge in [-0.3, -0.25) is 4.79 Å². The topological polar surface area (TPSA) is 20.3 Å². The van der Waals surface area contributed by atoms with Crippen LogP contribution in [0.4, 0.5) is 0 Å². The van der Waals surface area contributed by atoms with Crippen molar-refractivity contribution in [2.45, 2.75) is 58.4 Å². The molecule has 1 aliphatic heterocycles. The molecule has 0 N–H and O–H groups in total. The largest absolute Gasteiger partial charge is 0.336 e. The van der Waals surface area contributed by atoms with Crippen LogP contribution in [0, 0.1) is 13.8 Å². The van der Waals surface area contributed by atoms with Crippen molar-refractivity contribution in [2.24, 2.45) is 0 Å². The molecule has 1 aliphatic rings. The molecule has 0 aliphatic carbocycles. The van der Waals surface area contributed by atoms with Crippen LogP contribution in [0.2, 0.25) is 0 Å². The van der Waals surface area contributed by atoms with Crippen LogP contribution in [0.15, 0.2) is 48.6 Å². The second-order valence-corrected chi connectivity index (χ2v) is 8.64. The van der Waals surface area contributed by atoms with Gasteiger partial charge >= 0.3 is 0 Å². The molecule has 3 rings (SSSR count). The quantitative estimate of drug-likeness (QED) is 0.566. The fourth-order valence-corrected chi connectivity index (χ4v) is 4.59. The number of allylic oxidation sites excluding steroid dienone is 1. The lowest BCUT2D eigenvalue weighted by Crippen LogP contribution is -2.32. The number of benzene rings is 1. The van der Waals surface area contributed by atoms with Crippen molar-refractivity contribution in [3.05, 3.63) is 69.4 Å². The standard InChI is InChI=1S/C23H29NOS/c1-18-7-5-9-20(17-18)8-3-4-10-21-13-15-23(25)24(21)16-6-11-22-14-12-19(2)26-22/h4-5,7,9-10,12,14,17,21H,3,6,8,11,13,15-16H2,1-2H3/b10-4+. The van der Waals surface area contributed by atoms with Gasteiger partial charge in [-0.1, -0.05) is 42.0 Å². The summed E-state index contributed by atoms with van der Waals surface area (Å²) in [5.41, 5.74) is 2.71. The number of amides is 1. The molecule has 1 unspecified atom stereocenters. The van der Waals surface area contributed by atoms with Gasteiger partial charge in [0.2, 0.25) is 5.91 Å². The predicted molar refractivity (Wildman–Crippen MR) is 111 cm³/mol. The van der Waals surface area contributed by atoms with Crippen LogP contribution in [0.25, 0.3) is 0 Å². The van der Waals surface area contributed by atoms with Crippen LogP contribution >= 0.6 is 11.3 Å². The van der Waals surface area contributed by atoms with Crippen LogP contribution in [-0.4, -0.2) is 23.4 Å². The van der Waals surface area contributed by atoms with Gasteiger partial charge < -0.3 is 4.90 Å². The van der Waals surface area contributed by atoms with E-state index in [1.165, 1.54) is 20.9 Å². The van der Waals surface area contributed by atoms with Crippen molar-refractivity contribution in [1.82, 2.24) is 4.90 Å². The SMILES string of the molecule is Cc1cccc(CC/C=C/C2CCC(=O)N2CCCc2ccc(C)s2)c1. The zero-order valence-corrected chi connectivity index (χ0v) is 16.7. The van der Waals surface area contributed by atoms with Crippen LogP contribution < -0.4 is 0 Å². The van der Waals surface area contributed by atoms with E-state index in [1.54, 1.807) is 0 Å². The third-order valence-corrected chi connectivity index (χ3v) is 6.09. The Morgan fingerprint density at radius 3 is 2.85 bits per heavy atom. The Kier molecular flexibility index (Phi) is 6.67. The molecule has 0 spiro atoms. The zero-order chi connectivity index (χ0) is 18.4. The number of thiophene rings is 1. The fraction of sp³-hybridized carbons (Fsp3) is 0.435. The van der Waals surface area contributed by atoms with E-state index in [1.807, 2.05) is 11.3 Å². The van der Waals surface area contributed by atoms with Crippen LogP contribution in [0.3, 0.4) is 0 Å². The second-order valence-electron chi connectivity index (χ2n) is 7.26. The molecule has 2 nitrogen and oxygen atoms in total. The minimum atomic E-state index is 0.296. The van der Waals surface area contributed by atoms with Crippen molar-refractivity contribution >= 4 is 17.2 Å². The van der Waals surface area contributed by atoms with Gasteiger partial charge in [-0.25, -0.2) is 0 Å². The van der Waals surface area contributed by atoms with E-state index < -0.39 is 0 Å². The molecule has 0 saturated carbocycles. The molecular weight excluding hydrogens is 338 g/mol. The van der Waals surface area contributed by atoms with E-state index in [4.69, 9.17) is 0 Å². The highest BCUT2D eigenvalue weighted by atomic mass is 32.1. The molecule has 3 heteroatoms. The monoisotopic (exact) mass is 367 g/mol. The summed E-state index contributed by atoms with van der Waals surface area (Å²) < 4.78 is 0. The lowest BCUT2D eigenvalue weighted by atomic mass is 10.1. The van der Waals surface area contributed by atoms with E-state index in [0.717, 1.165) is 38.6 Å². The summed E-state index contributed by atoms with van der Waals surface area (Å²) in [5.74, 6) is 0.320. The number of hydrogen-bond acceptors (Lipinski definition) is 2. The maximum Gasteiger partial charge on any atom is 0.223 e. The number of aryl methyl sites for hydroxylation is 4. The van der Waals surface area contributed by atoms with E-state index in [9.17, 15) is 4.79 Å². The molecule has 1 aromatic carbocycles. The Hall–Kier alpha value is -1.87. The number of hydrogen-bond donors (Lipinski definition) is 0. The number of likely N-dealkylation sites (tertiary alicyclic amines) is 1. The van der Waals surface area contributed by atoms with Crippen LogP contribution in [-0.2, 0) is 17.6 Å². The molecule has 2 aromatic rings. The molecule has 138 valence electrons. The number of rotatable bonds is 8. The van der Waals surface area contributed by atoms with Gasteiger partial charge in [-0.2, -0.15) is 0 Å². The first kappa shape index (κ1) is 18.9. The van der Waals surface area contributed by atoms with Crippen molar-refractivity contribution in [3.8, 4) is 0 Å². The first-order chi connectivity index (χ1) is 12.6. The summed E-state index contributed by atoms with van der Waals surface area (Å²) in [5, 5.41) is 0. The summed E-state index contributed by atoms with van der Waals surface area (Å²) in [7, 11) is 0. The van der Waals surface area contributed by atoms with Gasteiger partial charge in [0.05, 0.1) is 6.04 Å². The molecule has 1 atom stereocenters. The van der Waals surface area contributed by atoms with E-state index in [-0.39, 0.29) is 0 Å². The lowest BCUT2D eigenvalue weighted by Gasteiger charge is -2.22. The highest BCUT2D eigenvalue weighted by Gasteiger charge is 2.28. The minimum absolute atomic E-state index is 0.296. The summed E-state index contributed by atoms with van der Waals surface area (Å²) in [4.78, 5) is 17.1. The Morgan fingerprint density at radius 1 is 1.19 bits per heavy atom. The number of carbonyl (C=O) groups is 1. The number of carbonyl (C=O) groups excluding carboxylic acids is 1. The molecule has 1 saturated heterocycles. The molecule has 0 bridgehead atoms. The third-order valence-electron chi connectivity index (χ3n) is 5.03. The van der Waals surface area contributed by atoms with Crippen LogP contribution in [0.1, 0.15) is 46.6 Å². The van der Waals surface area contributed by atoms with Gasteiger partial charge in [0.1, 0.15) is 0 Å². The molecular formula is C23H29NOS. The highest BCUT2D eigenvalue weighted by molar-refractivity contribution is 7.11. The predicted octanol–water partition coefficient (Wildman–Crippen LogP) is 5.48. The first-order valence-electron chi connectivity index (χ1n) is 9.69. The van der Waals surface area contributed by atoms with E-state index in [2.05, 4.69) is 67.3 Å². The maximum absolute atomic E-state index is 12.2. The van der Waals surface area contributed by atoms with Gasteiger partial charge in [0.15, 0.2) is 0 Å². The Bertz CT molecular complexity index is 761. The normalized spacial score (nSPS) is 17.5. The Labute approximate surface area is 161 Å². The van der Waals surface area contributed by atoms with Gasteiger partial charge in [-0.15, -0.1) is 11.3 Å². The Balaban J connectivity index is 1.45. The summed E-state index contributed by atoms with van der Waals surface area (Å²) in [6.45, 7) is 5.16. The molecule has 26 heavy (non-hydrogen) atoms.